The van der Waals surface area contributed by atoms with Crippen LogP contribution in [0, 0.1) is 0 Å². The highest BCUT2D eigenvalue weighted by molar-refractivity contribution is 6.12. The Bertz CT molecular complexity index is 3210. The molecule has 270 valence electrons. The molecule has 3 heterocycles. The summed E-state index contributed by atoms with van der Waals surface area (Å²) in [6, 6.07) is 66.2. The summed E-state index contributed by atoms with van der Waals surface area (Å²) in [5.74, 6) is 0.864. The van der Waals surface area contributed by atoms with Crippen molar-refractivity contribution < 1.29 is 4.74 Å². The molecule has 0 amide bonds. The van der Waals surface area contributed by atoms with E-state index in [-0.39, 0.29) is 0 Å². The van der Waals surface area contributed by atoms with E-state index in [0.29, 0.717) is 6.61 Å². The molecule has 0 saturated carbocycles. The maximum absolute atomic E-state index is 6.51. The normalized spacial score (nSPS) is 12.8. The van der Waals surface area contributed by atoms with Crippen molar-refractivity contribution in [2.24, 2.45) is 0 Å². The summed E-state index contributed by atoms with van der Waals surface area (Å²) in [5.41, 5.74) is 15.4. The minimum absolute atomic E-state index is 0.489. The van der Waals surface area contributed by atoms with Crippen molar-refractivity contribution in [3.05, 3.63) is 212 Å². The summed E-state index contributed by atoms with van der Waals surface area (Å²) in [7, 11) is 0. The molecular formula is C54H38N2O. The van der Waals surface area contributed by atoms with Crippen LogP contribution < -0.4 is 4.74 Å². The molecule has 0 aliphatic carbocycles. The number of nitrogens with zero attached hydrogens (tertiary/aromatic N) is 2. The molecule has 3 nitrogen and oxygen atoms in total. The van der Waals surface area contributed by atoms with Gasteiger partial charge in [-0.05, 0) is 113 Å². The van der Waals surface area contributed by atoms with Crippen LogP contribution in [-0.2, 0) is 6.42 Å². The summed E-state index contributed by atoms with van der Waals surface area (Å²) >= 11 is 0. The van der Waals surface area contributed by atoms with Gasteiger partial charge in [-0.25, -0.2) is 0 Å². The van der Waals surface area contributed by atoms with E-state index < -0.39 is 0 Å². The molecule has 0 fully saturated rings. The van der Waals surface area contributed by atoms with Gasteiger partial charge in [0.1, 0.15) is 12.4 Å². The number of hydrogen-bond acceptors (Lipinski definition) is 1. The monoisotopic (exact) mass is 730 g/mol. The van der Waals surface area contributed by atoms with Crippen LogP contribution in [0.25, 0.3) is 88.4 Å². The second-order valence-corrected chi connectivity index (χ2v) is 14.8. The molecule has 0 bridgehead atoms. The fraction of sp³-hybridized carbons (Fsp3) is 0.0370. The lowest BCUT2D eigenvalue weighted by atomic mass is 9.90. The minimum atomic E-state index is 0.489. The molecule has 2 aromatic heterocycles. The Kier molecular flexibility index (Phi) is 7.96. The lowest BCUT2D eigenvalue weighted by molar-refractivity contribution is 0.364. The number of para-hydroxylation sites is 3. The zero-order chi connectivity index (χ0) is 37.7. The van der Waals surface area contributed by atoms with E-state index in [1.54, 1.807) is 0 Å². The summed E-state index contributed by atoms with van der Waals surface area (Å²) in [4.78, 5) is 0. The molecule has 1 aliphatic heterocycles. The lowest BCUT2D eigenvalue weighted by Gasteiger charge is -2.18. The SMILES string of the molecule is C1=CCOc2ccc(-n3c4ccccc4c4cc(-c5ccc6c(c5)c5ccccc5n6-c5ccccc5)ccc43)cc2-c2ccccc2-c2ccccc2CC=C1. The fourth-order valence-corrected chi connectivity index (χ4v) is 8.89. The van der Waals surface area contributed by atoms with Crippen molar-refractivity contribution in [1.29, 1.82) is 0 Å². The van der Waals surface area contributed by atoms with Crippen LogP contribution in [0.3, 0.4) is 0 Å². The first-order chi connectivity index (χ1) is 28.3. The highest BCUT2D eigenvalue weighted by Crippen LogP contribution is 2.43. The van der Waals surface area contributed by atoms with E-state index in [4.69, 9.17) is 4.74 Å². The van der Waals surface area contributed by atoms with Gasteiger partial charge in [-0.15, -0.1) is 0 Å². The van der Waals surface area contributed by atoms with Crippen molar-refractivity contribution in [2.45, 2.75) is 6.42 Å². The van der Waals surface area contributed by atoms with Crippen molar-refractivity contribution in [1.82, 2.24) is 9.13 Å². The Balaban J connectivity index is 1.08. The number of fused-ring (bicyclic) bond motifs is 11. The number of allylic oxidation sites excluding steroid dienone is 3. The Morgan fingerprint density at radius 2 is 0.912 bits per heavy atom. The third-order valence-corrected chi connectivity index (χ3v) is 11.5. The van der Waals surface area contributed by atoms with Gasteiger partial charge in [0.25, 0.3) is 0 Å². The van der Waals surface area contributed by atoms with E-state index in [1.807, 2.05) is 0 Å². The third kappa shape index (κ3) is 5.58. The van der Waals surface area contributed by atoms with E-state index >= 15 is 0 Å². The highest BCUT2D eigenvalue weighted by Gasteiger charge is 2.19. The third-order valence-electron chi connectivity index (χ3n) is 11.5. The Morgan fingerprint density at radius 1 is 0.368 bits per heavy atom. The van der Waals surface area contributed by atoms with Crippen molar-refractivity contribution in [2.75, 3.05) is 6.61 Å². The molecular weight excluding hydrogens is 693 g/mol. The molecule has 0 radical (unpaired) electrons. The fourth-order valence-electron chi connectivity index (χ4n) is 8.89. The second kappa shape index (κ2) is 13.7. The van der Waals surface area contributed by atoms with Gasteiger partial charge in [-0.2, -0.15) is 0 Å². The quantitative estimate of drug-likeness (QED) is 0.177. The van der Waals surface area contributed by atoms with E-state index in [1.165, 1.54) is 77.1 Å². The van der Waals surface area contributed by atoms with Gasteiger partial charge in [-0.3, -0.25) is 0 Å². The van der Waals surface area contributed by atoms with Crippen LogP contribution in [-0.4, -0.2) is 15.7 Å². The highest BCUT2D eigenvalue weighted by atomic mass is 16.5. The molecule has 0 N–H and O–H groups in total. The van der Waals surface area contributed by atoms with Gasteiger partial charge in [-0.1, -0.05) is 133 Å². The summed E-state index contributed by atoms with van der Waals surface area (Å²) in [6.07, 6.45) is 9.35. The average molecular weight is 731 g/mol. The number of benzene rings is 8. The van der Waals surface area contributed by atoms with Gasteiger partial charge < -0.3 is 13.9 Å². The van der Waals surface area contributed by atoms with Crippen LogP contribution in [0.5, 0.6) is 5.75 Å². The summed E-state index contributed by atoms with van der Waals surface area (Å²) < 4.78 is 11.3. The molecule has 0 saturated heterocycles. The van der Waals surface area contributed by atoms with Crippen LogP contribution in [0.1, 0.15) is 5.56 Å². The molecule has 0 spiro atoms. The first kappa shape index (κ1) is 33.0. The molecule has 10 aromatic rings. The van der Waals surface area contributed by atoms with Crippen LogP contribution >= 0.6 is 0 Å². The predicted molar refractivity (Wildman–Crippen MR) is 239 cm³/mol. The minimum Gasteiger partial charge on any atom is -0.489 e. The van der Waals surface area contributed by atoms with Crippen LogP contribution in [0.2, 0.25) is 0 Å². The predicted octanol–water partition coefficient (Wildman–Crippen LogP) is 13.9. The molecule has 0 atom stereocenters. The van der Waals surface area contributed by atoms with E-state index in [0.717, 1.165) is 29.0 Å². The number of ether oxygens (including phenoxy) is 1. The van der Waals surface area contributed by atoms with Gasteiger partial charge in [0.05, 0.1) is 22.1 Å². The first-order valence-corrected chi connectivity index (χ1v) is 19.7. The van der Waals surface area contributed by atoms with Gasteiger partial charge in [0.15, 0.2) is 0 Å². The van der Waals surface area contributed by atoms with Crippen molar-refractivity contribution >= 4 is 43.6 Å². The van der Waals surface area contributed by atoms with Gasteiger partial charge in [0, 0.05) is 38.5 Å². The standard InChI is InChI=1S/C54H38N2O/c1-2-15-33-57-54-32-29-41(36-49(54)44-22-10-9-21-43(44)42-20-8-7-17-37(42)16-4-1)56-51-26-14-12-24-46(51)48-35-39(28-31-53(48)56)38-27-30-52-47(34-38)45-23-11-13-25-50(45)55(52)40-18-5-3-6-19-40/h1-15,17-32,34-36H,16,33H2. The first-order valence-electron chi connectivity index (χ1n) is 19.7. The molecule has 1 aliphatic rings. The molecule has 57 heavy (non-hydrogen) atoms. The smallest absolute Gasteiger partial charge is 0.127 e. The maximum Gasteiger partial charge on any atom is 0.127 e. The van der Waals surface area contributed by atoms with E-state index in [2.05, 4.69) is 215 Å². The molecule has 3 heteroatoms. The molecule has 0 unspecified atom stereocenters. The summed E-state index contributed by atoms with van der Waals surface area (Å²) in [5, 5.41) is 4.95. The largest absolute Gasteiger partial charge is 0.489 e. The van der Waals surface area contributed by atoms with Gasteiger partial charge >= 0.3 is 0 Å². The summed E-state index contributed by atoms with van der Waals surface area (Å²) in [6.45, 7) is 0.489. The Labute approximate surface area is 331 Å². The van der Waals surface area contributed by atoms with Crippen molar-refractivity contribution in [3.8, 4) is 50.5 Å². The number of hydrogen-bond donors (Lipinski definition) is 0. The average Bonchev–Trinajstić information content (AvgIpc) is 3.79. The number of aromatic nitrogens is 2. The zero-order valence-electron chi connectivity index (χ0n) is 31.3. The van der Waals surface area contributed by atoms with Gasteiger partial charge in [0.2, 0.25) is 0 Å². The Hall–Kier alpha value is -7.36. The lowest BCUT2D eigenvalue weighted by Crippen LogP contribution is -2.00. The van der Waals surface area contributed by atoms with Crippen LogP contribution in [0.15, 0.2) is 206 Å². The van der Waals surface area contributed by atoms with Crippen LogP contribution in [0.4, 0.5) is 0 Å². The maximum atomic E-state index is 6.51. The Morgan fingerprint density at radius 3 is 1.61 bits per heavy atom. The number of rotatable bonds is 3. The second-order valence-electron chi connectivity index (χ2n) is 14.8. The molecule has 11 rings (SSSR count). The zero-order valence-corrected chi connectivity index (χ0v) is 31.3. The van der Waals surface area contributed by atoms with E-state index in [9.17, 15) is 0 Å². The topological polar surface area (TPSA) is 19.1 Å². The van der Waals surface area contributed by atoms with Crippen molar-refractivity contribution in [3.63, 3.8) is 0 Å². The molecule has 8 aromatic carbocycles.